The Morgan fingerprint density at radius 1 is 1.29 bits per heavy atom. The first-order valence-electron chi connectivity index (χ1n) is 6.08. The monoisotopic (exact) mass is 233 g/mol. The third-order valence-corrected chi connectivity index (χ3v) is 4.13. The van der Waals surface area contributed by atoms with E-state index >= 15 is 0 Å². The van der Waals surface area contributed by atoms with Gasteiger partial charge in [0, 0.05) is 5.69 Å². The molecule has 0 radical (unpaired) electrons. The maximum Gasteiger partial charge on any atom is 0.314 e. The molecule has 1 saturated carbocycles. The normalized spacial score (nSPS) is 18.2. The van der Waals surface area contributed by atoms with Gasteiger partial charge in [-0.2, -0.15) is 0 Å². The maximum absolute atomic E-state index is 11.6. The molecule has 0 spiro atoms. The van der Waals surface area contributed by atoms with Gasteiger partial charge in [-0.15, -0.1) is 0 Å². The number of carboxylic acids is 1. The molecule has 0 aromatic heterocycles. The Hall–Kier alpha value is -1.51. The van der Waals surface area contributed by atoms with Gasteiger partial charge in [0.05, 0.1) is 5.41 Å². The average Bonchev–Trinajstić information content (AvgIpc) is 2.75. The van der Waals surface area contributed by atoms with E-state index < -0.39 is 11.4 Å². The van der Waals surface area contributed by atoms with E-state index in [-0.39, 0.29) is 0 Å². The van der Waals surface area contributed by atoms with Gasteiger partial charge >= 0.3 is 5.97 Å². The fourth-order valence-electron chi connectivity index (χ4n) is 2.77. The van der Waals surface area contributed by atoms with E-state index in [4.69, 9.17) is 5.73 Å². The number of nitrogen functional groups attached to an aromatic ring is 1. The molecular formula is C14H19NO2. The molecule has 1 fully saturated rings. The summed E-state index contributed by atoms with van der Waals surface area (Å²) in [5.74, 6) is -0.711. The van der Waals surface area contributed by atoms with Crippen LogP contribution in [0, 0.1) is 13.8 Å². The van der Waals surface area contributed by atoms with Gasteiger partial charge in [0.1, 0.15) is 0 Å². The molecule has 17 heavy (non-hydrogen) atoms. The quantitative estimate of drug-likeness (QED) is 0.772. The summed E-state index contributed by atoms with van der Waals surface area (Å²) >= 11 is 0. The fourth-order valence-corrected chi connectivity index (χ4v) is 2.77. The number of anilines is 1. The Kier molecular flexibility index (Phi) is 2.86. The van der Waals surface area contributed by atoms with Crippen molar-refractivity contribution < 1.29 is 9.90 Å². The fraction of sp³-hybridized carbons (Fsp3) is 0.500. The second-order valence-corrected chi connectivity index (χ2v) is 5.10. The lowest BCUT2D eigenvalue weighted by molar-refractivity contribution is -0.143. The van der Waals surface area contributed by atoms with Crippen molar-refractivity contribution in [3.63, 3.8) is 0 Å². The molecule has 2 rings (SSSR count). The van der Waals surface area contributed by atoms with Crippen LogP contribution in [0.5, 0.6) is 0 Å². The van der Waals surface area contributed by atoms with Crippen LogP contribution in [0.1, 0.15) is 42.4 Å². The number of benzene rings is 1. The molecule has 0 bridgehead atoms. The Labute approximate surface area is 102 Å². The lowest BCUT2D eigenvalue weighted by Crippen LogP contribution is -2.32. The number of carboxylic acid groups (broad SMARTS) is 1. The first kappa shape index (κ1) is 12.0. The predicted molar refractivity (Wildman–Crippen MR) is 68.1 cm³/mol. The number of rotatable bonds is 2. The van der Waals surface area contributed by atoms with E-state index in [9.17, 15) is 9.90 Å². The van der Waals surface area contributed by atoms with Gasteiger partial charge in [0.25, 0.3) is 0 Å². The lowest BCUT2D eigenvalue weighted by atomic mass is 9.78. The summed E-state index contributed by atoms with van der Waals surface area (Å²) in [5, 5.41) is 9.53. The van der Waals surface area contributed by atoms with E-state index in [2.05, 4.69) is 0 Å². The standard InChI is InChI=1S/C14H19NO2/c1-9-7-11(8-12(15)10(9)2)14(13(16)17)5-3-4-6-14/h7-8H,3-6,15H2,1-2H3,(H,16,17). The molecular weight excluding hydrogens is 214 g/mol. The number of carbonyl (C=O) groups is 1. The van der Waals surface area contributed by atoms with E-state index in [1.165, 1.54) is 0 Å². The van der Waals surface area contributed by atoms with E-state index in [1.807, 2.05) is 26.0 Å². The molecule has 0 aliphatic heterocycles. The molecule has 1 aliphatic rings. The lowest BCUT2D eigenvalue weighted by Gasteiger charge is -2.25. The van der Waals surface area contributed by atoms with Crippen molar-refractivity contribution in [1.29, 1.82) is 0 Å². The van der Waals surface area contributed by atoms with Crippen molar-refractivity contribution >= 4 is 11.7 Å². The molecule has 1 aromatic carbocycles. The molecule has 0 unspecified atom stereocenters. The minimum atomic E-state index is -0.711. The molecule has 3 heteroatoms. The van der Waals surface area contributed by atoms with Crippen LogP contribution in [0.2, 0.25) is 0 Å². The molecule has 1 aromatic rings. The summed E-state index contributed by atoms with van der Waals surface area (Å²) in [6.45, 7) is 3.95. The topological polar surface area (TPSA) is 63.3 Å². The Morgan fingerprint density at radius 2 is 1.88 bits per heavy atom. The highest BCUT2D eigenvalue weighted by Gasteiger charge is 2.43. The number of nitrogens with two attached hydrogens (primary N) is 1. The van der Waals surface area contributed by atoms with Crippen molar-refractivity contribution in [3.05, 3.63) is 28.8 Å². The minimum Gasteiger partial charge on any atom is -0.481 e. The summed E-state index contributed by atoms with van der Waals surface area (Å²) in [6, 6.07) is 3.84. The van der Waals surface area contributed by atoms with Crippen LogP contribution in [0.3, 0.4) is 0 Å². The first-order valence-corrected chi connectivity index (χ1v) is 6.08. The largest absolute Gasteiger partial charge is 0.481 e. The van der Waals surface area contributed by atoms with Gasteiger partial charge < -0.3 is 10.8 Å². The highest BCUT2D eigenvalue weighted by Crippen LogP contribution is 2.42. The maximum atomic E-state index is 11.6. The molecule has 0 amide bonds. The van der Waals surface area contributed by atoms with E-state index in [0.29, 0.717) is 5.69 Å². The molecule has 0 atom stereocenters. The minimum absolute atomic E-state index is 0.701. The Morgan fingerprint density at radius 3 is 2.35 bits per heavy atom. The van der Waals surface area contributed by atoms with Crippen molar-refractivity contribution in [2.45, 2.75) is 44.9 Å². The van der Waals surface area contributed by atoms with Gasteiger partial charge in [0.15, 0.2) is 0 Å². The van der Waals surface area contributed by atoms with Crippen LogP contribution in [0.4, 0.5) is 5.69 Å². The number of hydrogen-bond acceptors (Lipinski definition) is 2. The summed E-state index contributed by atoms with van der Waals surface area (Å²) < 4.78 is 0. The third-order valence-electron chi connectivity index (χ3n) is 4.13. The van der Waals surface area contributed by atoms with Crippen molar-refractivity contribution in [2.75, 3.05) is 5.73 Å². The van der Waals surface area contributed by atoms with Crippen LogP contribution < -0.4 is 5.73 Å². The molecule has 3 N–H and O–H groups in total. The molecule has 3 nitrogen and oxygen atoms in total. The van der Waals surface area contributed by atoms with E-state index in [1.54, 1.807) is 0 Å². The van der Waals surface area contributed by atoms with Crippen molar-refractivity contribution in [2.24, 2.45) is 0 Å². The number of aliphatic carboxylic acids is 1. The zero-order valence-corrected chi connectivity index (χ0v) is 10.4. The average molecular weight is 233 g/mol. The molecule has 1 aliphatic carbocycles. The second-order valence-electron chi connectivity index (χ2n) is 5.10. The zero-order valence-electron chi connectivity index (χ0n) is 10.4. The Balaban J connectivity index is 2.55. The van der Waals surface area contributed by atoms with Gasteiger partial charge in [-0.25, -0.2) is 0 Å². The molecule has 0 heterocycles. The van der Waals surface area contributed by atoms with Crippen molar-refractivity contribution in [3.8, 4) is 0 Å². The smallest absolute Gasteiger partial charge is 0.314 e. The SMILES string of the molecule is Cc1cc(C2(C(=O)O)CCCC2)cc(N)c1C. The van der Waals surface area contributed by atoms with Crippen LogP contribution in [-0.2, 0) is 10.2 Å². The number of hydrogen-bond donors (Lipinski definition) is 2. The van der Waals surface area contributed by atoms with Crippen LogP contribution in [0.15, 0.2) is 12.1 Å². The van der Waals surface area contributed by atoms with Crippen molar-refractivity contribution in [1.82, 2.24) is 0 Å². The predicted octanol–water partition coefficient (Wildman–Crippen LogP) is 2.78. The van der Waals surface area contributed by atoms with Crippen LogP contribution in [0.25, 0.3) is 0 Å². The number of aryl methyl sites for hydroxylation is 1. The molecule has 92 valence electrons. The van der Waals surface area contributed by atoms with Gasteiger partial charge in [0.2, 0.25) is 0 Å². The first-order chi connectivity index (χ1) is 7.97. The van der Waals surface area contributed by atoms with Crippen LogP contribution in [-0.4, -0.2) is 11.1 Å². The second kappa shape index (κ2) is 4.06. The van der Waals surface area contributed by atoms with Gasteiger partial charge in [-0.3, -0.25) is 4.79 Å². The highest BCUT2D eigenvalue weighted by atomic mass is 16.4. The Bertz CT molecular complexity index is 436. The summed E-state index contributed by atoms with van der Waals surface area (Å²) in [5.41, 5.74) is 8.96. The van der Waals surface area contributed by atoms with Gasteiger partial charge in [-0.1, -0.05) is 18.9 Å². The zero-order chi connectivity index (χ0) is 12.6. The molecule has 0 saturated heterocycles. The van der Waals surface area contributed by atoms with Crippen LogP contribution >= 0.6 is 0 Å². The summed E-state index contributed by atoms with van der Waals surface area (Å²) in [4.78, 5) is 11.6. The third kappa shape index (κ3) is 1.79. The summed E-state index contributed by atoms with van der Waals surface area (Å²) in [7, 11) is 0. The van der Waals surface area contributed by atoms with E-state index in [0.717, 1.165) is 42.4 Å². The summed E-state index contributed by atoms with van der Waals surface area (Å²) in [6.07, 6.45) is 3.42. The highest BCUT2D eigenvalue weighted by molar-refractivity contribution is 5.82. The van der Waals surface area contributed by atoms with Gasteiger partial charge in [-0.05, 0) is 49.4 Å².